The summed E-state index contributed by atoms with van der Waals surface area (Å²) in [4.78, 5) is 95.9. The highest BCUT2D eigenvalue weighted by Gasteiger charge is 2.44. The minimum Gasteiger partial charge on any atom is -0.436 e. The van der Waals surface area contributed by atoms with E-state index in [0.717, 1.165) is 119 Å². The van der Waals surface area contributed by atoms with E-state index in [0.29, 0.717) is 90.1 Å². The largest absolute Gasteiger partial charge is 0.436 e. The number of ether oxygens (including phenoxy) is 2. The maximum Gasteiger partial charge on any atom is 0.410 e. The molecule has 92 heavy (non-hydrogen) atoms. The molecule has 6 amide bonds. The van der Waals surface area contributed by atoms with E-state index >= 15 is 0 Å². The molecular formula is C68H86N16O8. The summed E-state index contributed by atoms with van der Waals surface area (Å²) in [6, 6.07) is 26.1. The van der Waals surface area contributed by atoms with Crippen LogP contribution in [0.3, 0.4) is 0 Å². The van der Waals surface area contributed by atoms with Crippen molar-refractivity contribution in [1.29, 1.82) is 0 Å². The van der Waals surface area contributed by atoms with Gasteiger partial charge < -0.3 is 54.5 Å². The molecule has 6 fully saturated rings. The van der Waals surface area contributed by atoms with Crippen LogP contribution in [0, 0.1) is 13.8 Å². The van der Waals surface area contributed by atoms with E-state index < -0.39 is 29.9 Å². The maximum atomic E-state index is 14.0. The maximum absolute atomic E-state index is 14.0. The van der Waals surface area contributed by atoms with Gasteiger partial charge in [0.25, 0.3) is 11.8 Å². The number of rotatable bonds is 12. The Labute approximate surface area is 535 Å². The first-order chi connectivity index (χ1) is 44.8. The fraction of sp³-hybridized carbons (Fsp3) is 0.529. The van der Waals surface area contributed by atoms with Gasteiger partial charge in [0.15, 0.2) is 12.2 Å². The Kier molecular flexibility index (Phi) is 18.7. The first-order valence-corrected chi connectivity index (χ1v) is 33.4. The van der Waals surface area contributed by atoms with Crippen molar-refractivity contribution in [3.8, 4) is 11.3 Å². The minimum atomic E-state index is -0.956. The highest BCUT2D eigenvalue weighted by atomic mass is 16.6. The molecule has 24 nitrogen and oxygen atoms in total. The minimum absolute atomic E-state index is 0.0314. The van der Waals surface area contributed by atoms with Gasteiger partial charge in [0.1, 0.15) is 22.1 Å². The van der Waals surface area contributed by atoms with Gasteiger partial charge in [-0.2, -0.15) is 30.8 Å². The number of nitrogens with one attached hydrogen (secondary N) is 5. The number of nitrogens with zero attached hydrogens (tertiary/aromatic N) is 11. The molecular weight excluding hydrogens is 1170 g/mol. The summed E-state index contributed by atoms with van der Waals surface area (Å²) in [6.45, 7) is 12.8. The zero-order valence-corrected chi connectivity index (χ0v) is 53.0. The van der Waals surface area contributed by atoms with Crippen LogP contribution in [0.25, 0.3) is 33.3 Å². The molecule has 7 aliphatic rings. The second-order valence-corrected chi connectivity index (χ2v) is 26.3. The molecule has 6 saturated heterocycles. The number of anilines is 1. The van der Waals surface area contributed by atoms with E-state index in [2.05, 4.69) is 56.2 Å². The molecule has 1 spiro atoms. The van der Waals surface area contributed by atoms with Crippen molar-refractivity contribution in [2.45, 2.75) is 152 Å². The molecule has 7 aromatic rings. The predicted octanol–water partition coefficient (Wildman–Crippen LogP) is 8.20. The lowest BCUT2D eigenvalue weighted by Crippen LogP contribution is -2.58. The fourth-order valence-electron chi connectivity index (χ4n) is 15.4. The number of H-pyrrole nitrogens is 3. The van der Waals surface area contributed by atoms with Crippen molar-refractivity contribution in [2.75, 3.05) is 83.9 Å². The standard InChI is InChI=1S/C35H44N8O4.C33H42N8O4/c1-24-20-25(21-29-32(24)38-39-37-29)22-31(33(44)41-16-10-27(11-17-41)40-14-6-3-7-15-40)47-35(46)42-18-12-28(13-19-42)43-23-30(36-34(43)45)26-8-4-2-5-9-26;1-22-19-23(20-27-29(22)37-38-36-27)21-28(30(42)40-15-9-24(10-16-40)39-13-5-2-6-14-39)45-32(44)41-17-11-33(12-18-41)25-7-3-4-8-26(25)34-31(43)35-33/h2,4-5,8-9,20-21,23,27-28,31H,3,6-7,10-19,22H2,1H3,(H,36,45)(H,37,38,39);3-4,7-8,19-20,24,28H,2,5-6,9-18,21H2,1H3,(H2,34,35,43)(H,36,37,38). The number of aryl methyl sites for hydroxylation is 2. The fourth-order valence-corrected chi connectivity index (χ4v) is 15.4. The van der Waals surface area contributed by atoms with Crippen LogP contribution in [0.4, 0.5) is 20.1 Å². The highest BCUT2D eigenvalue weighted by Crippen LogP contribution is 2.40. The number of fused-ring (bicyclic) bond motifs is 4. The summed E-state index contributed by atoms with van der Waals surface area (Å²) in [5.74, 6) is -0.290. The molecule has 0 bridgehead atoms. The van der Waals surface area contributed by atoms with Crippen LogP contribution >= 0.6 is 0 Å². The lowest BCUT2D eigenvalue weighted by Gasteiger charge is -2.45. The Hall–Kier alpha value is -8.64. The summed E-state index contributed by atoms with van der Waals surface area (Å²) < 4.78 is 13.9. The molecule has 7 aliphatic heterocycles. The van der Waals surface area contributed by atoms with Crippen LogP contribution < -0.4 is 16.3 Å². The SMILES string of the molecule is Cc1cc(CC(OC(=O)N2CCC(n3cc(-c4ccccc4)[nH]c3=O)CC2)C(=O)N2CCC(N3CCCCC3)CC2)cc2n[nH]nc12.Cc1cc(CC(OC(=O)N2CCC3(CC2)NC(=O)Nc2ccccc23)C(=O)N2CCC(N3CCCCC3)CC2)cc2n[nH]nc12. The predicted molar refractivity (Wildman–Crippen MR) is 347 cm³/mol. The number of aromatic nitrogens is 8. The van der Waals surface area contributed by atoms with Gasteiger partial charge in [0.05, 0.1) is 11.2 Å². The number of aromatic amines is 3. The topological polar surface area (TPSA) is 268 Å². The van der Waals surface area contributed by atoms with Crippen molar-refractivity contribution < 1.29 is 33.4 Å². The van der Waals surface area contributed by atoms with E-state index in [9.17, 15) is 28.8 Å². The summed E-state index contributed by atoms with van der Waals surface area (Å²) in [6.07, 6.45) is 13.2. The van der Waals surface area contributed by atoms with Crippen LogP contribution in [0.2, 0.25) is 0 Å². The number of hydrogen-bond acceptors (Lipinski definition) is 14. The van der Waals surface area contributed by atoms with Crippen molar-refractivity contribution in [3.05, 3.63) is 123 Å². The van der Waals surface area contributed by atoms with Crippen LogP contribution in [-0.2, 0) is 37.4 Å². The molecule has 0 saturated carbocycles. The smallest absolute Gasteiger partial charge is 0.410 e. The average molecular weight is 1260 g/mol. The molecule has 2 unspecified atom stereocenters. The Morgan fingerprint density at radius 2 is 1.01 bits per heavy atom. The first-order valence-electron chi connectivity index (χ1n) is 33.4. The number of amides is 6. The van der Waals surface area contributed by atoms with E-state index in [1.165, 1.54) is 38.5 Å². The number of imidazole rings is 1. The number of carbonyl (C=O) groups excluding carboxylic acids is 5. The van der Waals surface area contributed by atoms with E-state index in [1.54, 1.807) is 14.4 Å². The number of likely N-dealkylation sites (tertiary alicyclic amines) is 6. The lowest BCUT2D eigenvalue weighted by atomic mass is 9.79. The van der Waals surface area contributed by atoms with Gasteiger partial charge in [0.2, 0.25) is 0 Å². The van der Waals surface area contributed by atoms with Crippen molar-refractivity contribution in [1.82, 2.24) is 75.1 Å². The number of piperidine rings is 6. The van der Waals surface area contributed by atoms with Gasteiger partial charge in [-0.15, -0.1) is 0 Å². The van der Waals surface area contributed by atoms with Crippen molar-refractivity contribution in [2.24, 2.45) is 0 Å². The van der Waals surface area contributed by atoms with Crippen LogP contribution in [-0.4, -0.2) is 203 Å². The Bertz CT molecular complexity index is 3800. The molecule has 24 heteroatoms. The van der Waals surface area contributed by atoms with Gasteiger partial charge in [-0.25, -0.2) is 19.2 Å². The van der Waals surface area contributed by atoms with E-state index in [-0.39, 0.29) is 42.4 Å². The van der Waals surface area contributed by atoms with E-state index in [4.69, 9.17) is 9.47 Å². The quantitative estimate of drug-likeness (QED) is 0.0772. The zero-order valence-electron chi connectivity index (χ0n) is 53.0. The number of hydrogen-bond donors (Lipinski definition) is 5. The van der Waals surface area contributed by atoms with Gasteiger partial charge in [-0.05, 0) is 163 Å². The normalized spacial score (nSPS) is 20.2. The molecule has 0 aliphatic carbocycles. The average Bonchev–Trinajstić information content (AvgIpc) is 1.02. The van der Waals surface area contributed by atoms with E-state index in [1.807, 2.05) is 109 Å². The number of para-hydroxylation sites is 1. The number of carbonyl (C=O) groups is 5. The third-order valence-electron chi connectivity index (χ3n) is 20.5. The molecule has 0 radical (unpaired) electrons. The third-order valence-corrected chi connectivity index (χ3v) is 20.5. The van der Waals surface area contributed by atoms with Crippen LogP contribution in [0.1, 0.15) is 124 Å². The summed E-state index contributed by atoms with van der Waals surface area (Å²) >= 11 is 0. The Morgan fingerprint density at radius 1 is 0.543 bits per heavy atom. The van der Waals surface area contributed by atoms with Gasteiger partial charge >= 0.3 is 23.9 Å². The Balaban J connectivity index is 0.000000168. The third kappa shape index (κ3) is 13.8. The number of urea groups is 1. The van der Waals surface area contributed by atoms with Crippen LogP contribution in [0.5, 0.6) is 0 Å². The highest BCUT2D eigenvalue weighted by molar-refractivity contribution is 5.94. The number of benzene rings is 4. The summed E-state index contributed by atoms with van der Waals surface area (Å²) in [7, 11) is 0. The second kappa shape index (κ2) is 27.7. The molecule has 10 heterocycles. The Morgan fingerprint density at radius 3 is 1.53 bits per heavy atom. The molecule has 486 valence electrons. The monoisotopic (exact) mass is 1250 g/mol. The first kappa shape index (κ1) is 62.2. The summed E-state index contributed by atoms with van der Waals surface area (Å²) in [5, 5.41) is 28.3. The molecule has 4 aromatic carbocycles. The van der Waals surface area contributed by atoms with Crippen molar-refractivity contribution in [3.63, 3.8) is 0 Å². The lowest BCUT2D eigenvalue weighted by molar-refractivity contribution is -0.143. The molecule has 5 N–H and O–H groups in total. The molecule has 14 rings (SSSR count). The zero-order chi connectivity index (χ0) is 63.3. The van der Waals surface area contributed by atoms with Crippen LogP contribution in [0.15, 0.2) is 89.9 Å². The van der Waals surface area contributed by atoms with Crippen molar-refractivity contribution >= 4 is 57.8 Å². The second-order valence-electron chi connectivity index (χ2n) is 26.3. The van der Waals surface area contributed by atoms with Gasteiger partial charge in [0, 0.05) is 101 Å². The summed E-state index contributed by atoms with van der Waals surface area (Å²) in [5.41, 5.74) is 9.50. The van der Waals surface area contributed by atoms with Gasteiger partial charge in [-0.1, -0.05) is 73.5 Å². The van der Waals surface area contributed by atoms with Gasteiger partial charge in [-0.3, -0.25) is 14.2 Å². The molecule has 2 atom stereocenters. The molecule has 3 aromatic heterocycles.